The van der Waals surface area contributed by atoms with Gasteiger partial charge in [0.2, 0.25) is 0 Å². The maximum absolute atomic E-state index is 13.7. The Morgan fingerprint density at radius 3 is 2.67 bits per heavy atom. The van der Waals surface area contributed by atoms with E-state index < -0.39 is 0 Å². The van der Waals surface area contributed by atoms with E-state index in [0.717, 1.165) is 12.1 Å². The van der Waals surface area contributed by atoms with Gasteiger partial charge in [-0.3, -0.25) is 0 Å². The number of benzene rings is 1. The minimum atomic E-state index is -0.207. The minimum Gasteiger partial charge on any atom is -0.374 e. The maximum atomic E-state index is 13.7. The van der Waals surface area contributed by atoms with Crippen molar-refractivity contribution in [1.29, 1.82) is 0 Å². The Labute approximate surface area is 126 Å². The second-order valence-corrected chi connectivity index (χ2v) is 6.59. The van der Waals surface area contributed by atoms with Gasteiger partial charge in [-0.15, -0.1) is 0 Å². The predicted molar refractivity (Wildman–Crippen MR) is 81.6 cm³/mol. The molecule has 1 N–H and O–H groups in total. The highest BCUT2D eigenvalue weighted by molar-refractivity contribution is 5.24. The van der Waals surface area contributed by atoms with Crippen LogP contribution in [0.4, 0.5) is 4.39 Å². The third-order valence-electron chi connectivity index (χ3n) is 3.30. The van der Waals surface area contributed by atoms with E-state index in [0.29, 0.717) is 24.8 Å². The molecule has 0 bridgehead atoms. The first-order chi connectivity index (χ1) is 9.94. The average molecular weight is 295 g/mol. The zero-order valence-corrected chi connectivity index (χ0v) is 13.2. The summed E-state index contributed by atoms with van der Waals surface area (Å²) in [5.74, 6) is -0.207. The van der Waals surface area contributed by atoms with Crippen molar-refractivity contribution in [2.24, 2.45) is 0 Å². The van der Waals surface area contributed by atoms with Gasteiger partial charge in [0, 0.05) is 18.2 Å². The first-order valence-electron chi connectivity index (χ1n) is 7.66. The van der Waals surface area contributed by atoms with Crippen molar-refractivity contribution >= 4 is 0 Å². The van der Waals surface area contributed by atoms with Gasteiger partial charge in [0.25, 0.3) is 0 Å². The van der Waals surface area contributed by atoms with Crippen LogP contribution in [0, 0.1) is 5.82 Å². The molecule has 1 saturated carbocycles. The number of nitrogens with one attached hydrogen (secondary N) is 1. The van der Waals surface area contributed by atoms with Crippen LogP contribution in [0.1, 0.15) is 44.7 Å². The topological polar surface area (TPSA) is 30.5 Å². The second-order valence-electron chi connectivity index (χ2n) is 6.59. The molecule has 0 aliphatic heterocycles. The molecule has 0 unspecified atom stereocenters. The monoisotopic (exact) mass is 295 g/mol. The van der Waals surface area contributed by atoms with Crippen molar-refractivity contribution in [2.45, 2.75) is 58.4 Å². The number of hydrogen-bond acceptors (Lipinski definition) is 3. The highest BCUT2D eigenvalue weighted by Gasteiger charge is 2.20. The molecule has 0 radical (unpaired) electrons. The first-order valence-corrected chi connectivity index (χ1v) is 7.66. The van der Waals surface area contributed by atoms with Crippen molar-refractivity contribution in [3.63, 3.8) is 0 Å². The fourth-order valence-electron chi connectivity index (χ4n) is 1.99. The van der Waals surface area contributed by atoms with E-state index in [-0.39, 0.29) is 18.0 Å². The summed E-state index contributed by atoms with van der Waals surface area (Å²) in [6, 6.07) is 5.89. The predicted octanol–water partition coefficient (Wildman–Crippen LogP) is 3.41. The molecule has 1 aromatic rings. The zero-order valence-electron chi connectivity index (χ0n) is 13.2. The highest BCUT2D eigenvalue weighted by Crippen LogP contribution is 2.20. The Balaban J connectivity index is 1.74. The van der Waals surface area contributed by atoms with E-state index in [9.17, 15) is 4.39 Å². The molecule has 0 saturated heterocycles. The summed E-state index contributed by atoms with van der Waals surface area (Å²) < 4.78 is 24.8. The van der Waals surface area contributed by atoms with Gasteiger partial charge in [-0.05, 0) is 51.3 Å². The number of halogens is 1. The van der Waals surface area contributed by atoms with Crippen LogP contribution in [0.15, 0.2) is 18.2 Å². The third kappa shape index (κ3) is 6.55. The molecule has 1 aliphatic rings. The van der Waals surface area contributed by atoms with Crippen LogP contribution in [0.5, 0.6) is 0 Å². The second kappa shape index (κ2) is 7.34. The standard InChI is InChI=1S/C17H26FNO2/c1-17(2,3)21-9-8-20-12-14-10-13(4-7-16(14)18)11-19-15-5-6-15/h4,7,10,15,19H,5-6,8-9,11-12H2,1-3H3. The van der Waals surface area contributed by atoms with E-state index in [1.165, 1.54) is 18.9 Å². The van der Waals surface area contributed by atoms with Crippen molar-refractivity contribution < 1.29 is 13.9 Å². The molecular weight excluding hydrogens is 269 g/mol. The molecule has 1 aromatic carbocycles. The molecule has 1 fully saturated rings. The molecule has 0 aromatic heterocycles. The van der Waals surface area contributed by atoms with Gasteiger partial charge in [0.05, 0.1) is 25.4 Å². The minimum absolute atomic E-state index is 0.164. The lowest BCUT2D eigenvalue weighted by Crippen LogP contribution is -2.21. The lowest BCUT2D eigenvalue weighted by Gasteiger charge is -2.19. The Kier molecular flexibility index (Phi) is 5.73. The van der Waals surface area contributed by atoms with Crippen LogP contribution in [0.3, 0.4) is 0 Å². The molecule has 3 nitrogen and oxygen atoms in total. The van der Waals surface area contributed by atoms with Crippen LogP contribution in [-0.4, -0.2) is 24.9 Å². The molecule has 0 heterocycles. The van der Waals surface area contributed by atoms with E-state index >= 15 is 0 Å². The molecule has 118 valence electrons. The molecule has 4 heteroatoms. The van der Waals surface area contributed by atoms with E-state index in [1.54, 1.807) is 0 Å². The summed E-state index contributed by atoms with van der Waals surface area (Å²) in [5, 5.41) is 3.43. The first kappa shape index (κ1) is 16.4. The van der Waals surface area contributed by atoms with Crippen molar-refractivity contribution in [3.8, 4) is 0 Å². The van der Waals surface area contributed by atoms with Gasteiger partial charge in [0.15, 0.2) is 0 Å². The lowest BCUT2D eigenvalue weighted by atomic mass is 10.1. The van der Waals surface area contributed by atoms with Gasteiger partial charge >= 0.3 is 0 Å². The van der Waals surface area contributed by atoms with Crippen LogP contribution in [-0.2, 0) is 22.6 Å². The van der Waals surface area contributed by atoms with E-state index in [4.69, 9.17) is 9.47 Å². The number of hydrogen-bond donors (Lipinski definition) is 1. The zero-order chi connectivity index (χ0) is 15.3. The Morgan fingerprint density at radius 2 is 2.00 bits per heavy atom. The van der Waals surface area contributed by atoms with Crippen molar-refractivity contribution in [1.82, 2.24) is 5.32 Å². The van der Waals surface area contributed by atoms with Crippen molar-refractivity contribution in [3.05, 3.63) is 35.1 Å². The molecule has 21 heavy (non-hydrogen) atoms. The van der Waals surface area contributed by atoms with Gasteiger partial charge in [-0.25, -0.2) is 4.39 Å². The smallest absolute Gasteiger partial charge is 0.128 e. The van der Waals surface area contributed by atoms with Gasteiger partial charge in [-0.2, -0.15) is 0 Å². The van der Waals surface area contributed by atoms with Gasteiger partial charge < -0.3 is 14.8 Å². The molecule has 0 atom stereocenters. The molecule has 0 amide bonds. The summed E-state index contributed by atoms with van der Waals surface area (Å²) in [5.41, 5.74) is 1.55. The van der Waals surface area contributed by atoms with Crippen LogP contribution in [0.25, 0.3) is 0 Å². The summed E-state index contributed by atoms with van der Waals surface area (Å²) >= 11 is 0. The van der Waals surface area contributed by atoms with Crippen LogP contribution in [0.2, 0.25) is 0 Å². The van der Waals surface area contributed by atoms with Gasteiger partial charge in [-0.1, -0.05) is 6.07 Å². The van der Waals surface area contributed by atoms with Crippen LogP contribution < -0.4 is 5.32 Å². The Morgan fingerprint density at radius 1 is 1.24 bits per heavy atom. The largest absolute Gasteiger partial charge is 0.374 e. The number of ether oxygens (including phenoxy) is 2. The fourth-order valence-corrected chi connectivity index (χ4v) is 1.99. The summed E-state index contributed by atoms with van der Waals surface area (Å²) in [7, 11) is 0. The number of rotatable bonds is 8. The lowest BCUT2D eigenvalue weighted by molar-refractivity contribution is -0.0379. The van der Waals surface area contributed by atoms with Crippen LogP contribution >= 0.6 is 0 Å². The highest BCUT2D eigenvalue weighted by atomic mass is 19.1. The average Bonchev–Trinajstić information content (AvgIpc) is 3.21. The molecule has 1 aliphatic carbocycles. The van der Waals surface area contributed by atoms with E-state index in [2.05, 4.69) is 5.32 Å². The Bertz CT molecular complexity index is 453. The summed E-state index contributed by atoms with van der Waals surface area (Å²) in [4.78, 5) is 0. The Hall–Kier alpha value is -0.970. The summed E-state index contributed by atoms with van der Waals surface area (Å²) in [6.07, 6.45) is 2.51. The SMILES string of the molecule is CC(C)(C)OCCOCc1cc(CNC2CC2)ccc1F. The van der Waals surface area contributed by atoms with Crippen molar-refractivity contribution in [2.75, 3.05) is 13.2 Å². The molecule has 0 spiro atoms. The van der Waals surface area contributed by atoms with E-state index in [1.807, 2.05) is 32.9 Å². The quantitative estimate of drug-likeness (QED) is 0.746. The molecular formula is C17H26FNO2. The van der Waals surface area contributed by atoms with Gasteiger partial charge in [0.1, 0.15) is 5.82 Å². The third-order valence-corrected chi connectivity index (χ3v) is 3.30. The fraction of sp³-hybridized carbons (Fsp3) is 0.647. The normalized spacial score (nSPS) is 15.4. The molecule has 2 rings (SSSR count). The maximum Gasteiger partial charge on any atom is 0.128 e. The summed E-state index contributed by atoms with van der Waals surface area (Å²) in [6.45, 7) is 8.09.